The normalized spacial score (nSPS) is 10.5. The number of benzene rings is 1. The Morgan fingerprint density at radius 2 is 1.84 bits per heavy atom. The summed E-state index contributed by atoms with van der Waals surface area (Å²) in [4.78, 5) is 8.38. The van der Waals surface area contributed by atoms with Crippen LogP contribution in [-0.2, 0) is 13.0 Å². The van der Waals surface area contributed by atoms with Gasteiger partial charge in [0.15, 0.2) is 5.82 Å². The van der Waals surface area contributed by atoms with E-state index in [1.54, 1.807) is 24.7 Å². The van der Waals surface area contributed by atoms with Crippen molar-refractivity contribution in [3.05, 3.63) is 70.1 Å². The van der Waals surface area contributed by atoms with Gasteiger partial charge in [0.05, 0.1) is 6.20 Å². The second-order valence-corrected chi connectivity index (χ2v) is 6.13. The van der Waals surface area contributed by atoms with Gasteiger partial charge < -0.3 is 10.6 Å². The average molecular weight is 375 g/mol. The average Bonchev–Trinajstić information content (AvgIpc) is 2.63. The Morgan fingerprint density at radius 1 is 1.00 bits per heavy atom. The smallest absolute Gasteiger partial charge is 0.244 e. The van der Waals surface area contributed by atoms with Gasteiger partial charge in [0.25, 0.3) is 0 Å². The maximum Gasteiger partial charge on any atom is 0.244 e. The third kappa shape index (κ3) is 5.27. The predicted molar refractivity (Wildman–Crippen MR) is 100 cm³/mol. The van der Waals surface area contributed by atoms with Crippen LogP contribution in [0.25, 0.3) is 0 Å². The summed E-state index contributed by atoms with van der Waals surface area (Å²) in [5.74, 6) is 1.11. The van der Waals surface area contributed by atoms with Crippen LogP contribution in [0.4, 0.5) is 11.8 Å². The molecule has 0 saturated carbocycles. The number of anilines is 2. The molecule has 0 aliphatic rings. The lowest BCUT2D eigenvalue weighted by molar-refractivity contribution is 0.928. The zero-order valence-electron chi connectivity index (χ0n) is 13.3. The van der Waals surface area contributed by atoms with Gasteiger partial charge in [-0.1, -0.05) is 29.3 Å². The Kier molecular flexibility index (Phi) is 5.98. The summed E-state index contributed by atoms with van der Waals surface area (Å²) in [5.41, 5.74) is 2.12. The second-order valence-electron chi connectivity index (χ2n) is 5.29. The first-order chi connectivity index (χ1) is 12.2. The molecule has 3 aromatic rings. The molecule has 0 aliphatic heterocycles. The molecule has 0 aliphatic carbocycles. The largest absolute Gasteiger partial charge is 0.368 e. The van der Waals surface area contributed by atoms with Crippen LogP contribution in [0.5, 0.6) is 0 Å². The van der Waals surface area contributed by atoms with Crippen LogP contribution >= 0.6 is 23.2 Å². The van der Waals surface area contributed by atoms with Crippen LogP contribution in [0.15, 0.2) is 48.9 Å². The van der Waals surface area contributed by atoms with E-state index in [0.717, 1.165) is 17.5 Å². The van der Waals surface area contributed by atoms with E-state index in [9.17, 15) is 0 Å². The summed E-state index contributed by atoms with van der Waals surface area (Å²) in [6.45, 7) is 1.28. The molecule has 0 spiro atoms. The van der Waals surface area contributed by atoms with Gasteiger partial charge in [-0.25, -0.2) is 0 Å². The Bertz CT molecular complexity index is 828. The van der Waals surface area contributed by atoms with Gasteiger partial charge >= 0.3 is 0 Å². The molecule has 0 fully saturated rings. The van der Waals surface area contributed by atoms with Crippen molar-refractivity contribution in [1.29, 1.82) is 0 Å². The van der Waals surface area contributed by atoms with Crippen LogP contribution in [0.1, 0.15) is 11.1 Å². The van der Waals surface area contributed by atoms with E-state index in [2.05, 4.69) is 30.8 Å². The fourth-order valence-electron chi connectivity index (χ4n) is 2.20. The molecular weight excluding hydrogens is 359 g/mol. The highest BCUT2D eigenvalue weighted by molar-refractivity contribution is 6.35. The van der Waals surface area contributed by atoms with E-state index in [-0.39, 0.29) is 0 Å². The van der Waals surface area contributed by atoms with Gasteiger partial charge in [-0.15, -0.1) is 5.10 Å². The van der Waals surface area contributed by atoms with E-state index < -0.39 is 0 Å². The molecule has 128 valence electrons. The first-order valence-corrected chi connectivity index (χ1v) is 8.46. The monoisotopic (exact) mass is 374 g/mol. The van der Waals surface area contributed by atoms with E-state index in [1.807, 2.05) is 24.3 Å². The van der Waals surface area contributed by atoms with Crippen molar-refractivity contribution in [2.75, 3.05) is 17.2 Å². The molecule has 0 atom stereocenters. The SMILES string of the molecule is Clc1ccc(CCNc2cnnc(NCc3ccncc3)n2)c(Cl)c1. The van der Waals surface area contributed by atoms with Crippen LogP contribution in [0.2, 0.25) is 10.0 Å². The lowest BCUT2D eigenvalue weighted by Gasteiger charge is -2.08. The zero-order chi connectivity index (χ0) is 17.5. The third-order valence-corrected chi connectivity index (χ3v) is 4.06. The highest BCUT2D eigenvalue weighted by atomic mass is 35.5. The quantitative estimate of drug-likeness (QED) is 0.654. The molecule has 0 bridgehead atoms. The van der Waals surface area contributed by atoms with Crippen molar-refractivity contribution in [3.8, 4) is 0 Å². The van der Waals surface area contributed by atoms with Crippen LogP contribution < -0.4 is 10.6 Å². The van der Waals surface area contributed by atoms with Crippen molar-refractivity contribution in [3.63, 3.8) is 0 Å². The lowest BCUT2D eigenvalue weighted by atomic mass is 10.1. The van der Waals surface area contributed by atoms with Crippen LogP contribution in [-0.4, -0.2) is 26.7 Å². The summed E-state index contributed by atoms with van der Waals surface area (Å²) in [6.07, 6.45) is 5.83. The Hall–Kier alpha value is -2.44. The van der Waals surface area contributed by atoms with Gasteiger partial charge in [0.2, 0.25) is 5.95 Å². The molecular formula is C17H16Cl2N6. The summed E-state index contributed by atoms with van der Waals surface area (Å²) in [7, 11) is 0. The predicted octanol–water partition coefficient (Wildman–Crippen LogP) is 3.84. The van der Waals surface area contributed by atoms with Gasteiger partial charge in [-0.2, -0.15) is 10.1 Å². The zero-order valence-corrected chi connectivity index (χ0v) is 14.8. The van der Waals surface area contributed by atoms with Gasteiger partial charge in [-0.3, -0.25) is 4.98 Å². The molecule has 25 heavy (non-hydrogen) atoms. The fourth-order valence-corrected chi connectivity index (χ4v) is 2.70. The van der Waals surface area contributed by atoms with E-state index in [0.29, 0.717) is 34.9 Å². The van der Waals surface area contributed by atoms with Gasteiger partial charge in [-0.05, 0) is 41.8 Å². The number of nitrogens with zero attached hydrogens (tertiary/aromatic N) is 4. The minimum Gasteiger partial charge on any atom is -0.368 e. The fraction of sp³-hybridized carbons (Fsp3) is 0.176. The number of hydrogen-bond acceptors (Lipinski definition) is 6. The minimum atomic E-state index is 0.464. The molecule has 0 saturated heterocycles. The van der Waals surface area contributed by atoms with Crippen molar-refractivity contribution in [1.82, 2.24) is 20.2 Å². The van der Waals surface area contributed by atoms with Crippen LogP contribution in [0, 0.1) is 0 Å². The molecule has 0 unspecified atom stereocenters. The van der Waals surface area contributed by atoms with Crippen molar-refractivity contribution in [2.45, 2.75) is 13.0 Å². The van der Waals surface area contributed by atoms with Gasteiger partial charge in [0, 0.05) is 35.5 Å². The molecule has 2 aromatic heterocycles. The summed E-state index contributed by atoms with van der Waals surface area (Å²) >= 11 is 12.1. The number of nitrogens with one attached hydrogen (secondary N) is 2. The third-order valence-electron chi connectivity index (χ3n) is 3.47. The Balaban J connectivity index is 1.53. The number of rotatable bonds is 7. The maximum atomic E-state index is 6.17. The van der Waals surface area contributed by atoms with Crippen LogP contribution in [0.3, 0.4) is 0 Å². The Morgan fingerprint density at radius 3 is 2.64 bits per heavy atom. The molecule has 8 heteroatoms. The molecule has 1 aromatic carbocycles. The highest BCUT2D eigenvalue weighted by Crippen LogP contribution is 2.21. The number of halogens is 2. The minimum absolute atomic E-state index is 0.464. The summed E-state index contributed by atoms with van der Waals surface area (Å²) in [5, 5.41) is 15.6. The lowest BCUT2D eigenvalue weighted by Crippen LogP contribution is -2.10. The van der Waals surface area contributed by atoms with E-state index in [1.165, 1.54) is 0 Å². The standard InChI is InChI=1S/C17H16Cl2N6/c18-14-2-1-13(15(19)9-14)5-8-21-16-11-23-25-17(24-16)22-10-12-3-6-20-7-4-12/h1-4,6-7,9,11H,5,8,10H2,(H2,21,22,24,25). The van der Waals surface area contributed by atoms with Gasteiger partial charge in [0.1, 0.15) is 0 Å². The summed E-state index contributed by atoms with van der Waals surface area (Å²) in [6, 6.07) is 9.35. The topological polar surface area (TPSA) is 75.6 Å². The first kappa shape index (κ1) is 17.4. The summed E-state index contributed by atoms with van der Waals surface area (Å²) < 4.78 is 0. The molecule has 3 rings (SSSR count). The van der Waals surface area contributed by atoms with Crippen molar-refractivity contribution in [2.24, 2.45) is 0 Å². The molecule has 0 amide bonds. The second kappa shape index (κ2) is 8.60. The highest BCUT2D eigenvalue weighted by Gasteiger charge is 2.03. The number of hydrogen-bond donors (Lipinski definition) is 2. The molecule has 2 N–H and O–H groups in total. The maximum absolute atomic E-state index is 6.17. The molecule has 2 heterocycles. The van der Waals surface area contributed by atoms with Crippen molar-refractivity contribution < 1.29 is 0 Å². The van der Waals surface area contributed by atoms with E-state index in [4.69, 9.17) is 23.2 Å². The van der Waals surface area contributed by atoms with E-state index >= 15 is 0 Å². The molecule has 6 nitrogen and oxygen atoms in total. The molecule has 0 radical (unpaired) electrons. The van der Waals surface area contributed by atoms with Crippen molar-refractivity contribution >= 4 is 35.0 Å². The number of aromatic nitrogens is 4. The number of pyridine rings is 1. The Labute approximate surface area is 155 Å². The first-order valence-electron chi connectivity index (χ1n) is 7.71.